The zero-order valence-electron chi connectivity index (χ0n) is 9.86. The minimum Gasteiger partial charge on any atom is -0.392 e. The maximum Gasteiger partial charge on any atom is 0.237 e. The lowest BCUT2D eigenvalue weighted by molar-refractivity contribution is -0.126. The van der Waals surface area contributed by atoms with Gasteiger partial charge in [-0.05, 0) is 26.7 Å². The minimum atomic E-state index is -0.260. The van der Waals surface area contributed by atoms with Crippen molar-refractivity contribution in [3.05, 3.63) is 0 Å². The summed E-state index contributed by atoms with van der Waals surface area (Å²) < 4.78 is 0. The zero-order chi connectivity index (χ0) is 11.4. The molecule has 1 aliphatic heterocycles. The molecule has 0 aromatic rings. The Labute approximate surface area is 91.6 Å². The van der Waals surface area contributed by atoms with E-state index in [9.17, 15) is 9.90 Å². The van der Waals surface area contributed by atoms with E-state index in [0.717, 1.165) is 19.4 Å². The number of nitrogens with one attached hydrogen (secondary N) is 1. The number of rotatable bonds is 4. The molecule has 0 aliphatic carbocycles. The van der Waals surface area contributed by atoms with E-state index in [2.05, 4.69) is 12.2 Å². The van der Waals surface area contributed by atoms with Crippen molar-refractivity contribution >= 4 is 5.91 Å². The molecular weight excluding hydrogens is 192 g/mol. The first-order valence-corrected chi connectivity index (χ1v) is 5.77. The van der Waals surface area contributed by atoms with Crippen LogP contribution >= 0.6 is 0 Å². The first-order valence-electron chi connectivity index (χ1n) is 5.77. The van der Waals surface area contributed by atoms with E-state index in [1.165, 1.54) is 0 Å². The van der Waals surface area contributed by atoms with Gasteiger partial charge >= 0.3 is 0 Å². The van der Waals surface area contributed by atoms with Crippen LogP contribution in [0.5, 0.6) is 0 Å². The first-order chi connectivity index (χ1) is 7.04. The minimum absolute atomic E-state index is 0.0680. The smallest absolute Gasteiger partial charge is 0.237 e. The van der Waals surface area contributed by atoms with E-state index >= 15 is 0 Å². The number of likely N-dealkylation sites (tertiary alicyclic amines) is 1. The van der Waals surface area contributed by atoms with Crippen LogP contribution in [0.15, 0.2) is 0 Å². The maximum atomic E-state index is 11.8. The summed E-state index contributed by atoms with van der Waals surface area (Å²) in [7, 11) is 0. The second-order valence-electron chi connectivity index (χ2n) is 4.43. The molecule has 4 heteroatoms. The molecule has 1 amide bonds. The van der Waals surface area contributed by atoms with Gasteiger partial charge in [0.1, 0.15) is 0 Å². The summed E-state index contributed by atoms with van der Waals surface area (Å²) in [5.41, 5.74) is 0. The average molecular weight is 214 g/mol. The molecule has 0 spiro atoms. The predicted octanol–water partition coefficient (Wildman–Crippen LogP) is 0.356. The Morgan fingerprint density at radius 3 is 2.73 bits per heavy atom. The molecule has 3 atom stereocenters. The Bertz CT molecular complexity index is 221. The van der Waals surface area contributed by atoms with Crippen molar-refractivity contribution in [1.82, 2.24) is 10.2 Å². The Morgan fingerprint density at radius 2 is 2.27 bits per heavy atom. The van der Waals surface area contributed by atoms with Crippen molar-refractivity contribution in [3.8, 4) is 0 Å². The van der Waals surface area contributed by atoms with Gasteiger partial charge in [-0.2, -0.15) is 0 Å². The number of carbonyl (C=O) groups is 1. The lowest BCUT2D eigenvalue weighted by atomic mass is 10.2. The van der Waals surface area contributed by atoms with Gasteiger partial charge < -0.3 is 10.4 Å². The number of hydrogen-bond acceptors (Lipinski definition) is 3. The zero-order valence-corrected chi connectivity index (χ0v) is 9.86. The lowest BCUT2D eigenvalue weighted by Gasteiger charge is -2.24. The number of amides is 1. The normalized spacial score (nSPS) is 26.3. The topological polar surface area (TPSA) is 52.6 Å². The van der Waals surface area contributed by atoms with Crippen molar-refractivity contribution < 1.29 is 9.90 Å². The van der Waals surface area contributed by atoms with Crippen molar-refractivity contribution in [2.24, 2.45) is 0 Å². The van der Waals surface area contributed by atoms with Crippen LogP contribution < -0.4 is 5.32 Å². The average Bonchev–Trinajstić information content (AvgIpc) is 2.63. The molecule has 2 N–H and O–H groups in total. The Balaban J connectivity index is 2.39. The molecule has 1 aliphatic rings. The molecule has 15 heavy (non-hydrogen) atoms. The second kappa shape index (κ2) is 5.47. The van der Waals surface area contributed by atoms with Gasteiger partial charge in [0.25, 0.3) is 0 Å². The summed E-state index contributed by atoms with van der Waals surface area (Å²) in [5.74, 6) is 0.0680. The van der Waals surface area contributed by atoms with Gasteiger partial charge in [-0.15, -0.1) is 0 Å². The second-order valence-corrected chi connectivity index (χ2v) is 4.43. The summed E-state index contributed by atoms with van der Waals surface area (Å²) in [6.07, 6.45) is 1.46. The third kappa shape index (κ3) is 3.47. The fraction of sp³-hybridized carbons (Fsp3) is 0.909. The molecule has 1 rings (SSSR count). The van der Waals surface area contributed by atoms with Crippen LogP contribution in [0.2, 0.25) is 0 Å². The summed E-state index contributed by atoms with van der Waals surface area (Å²) >= 11 is 0. The molecule has 0 radical (unpaired) electrons. The quantitative estimate of drug-likeness (QED) is 0.710. The van der Waals surface area contributed by atoms with Gasteiger partial charge in [0.05, 0.1) is 12.1 Å². The molecule has 4 nitrogen and oxygen atoms in total. The van der Waals surface area contributed by atoms with Crippen molar-refractivity contribution in [2.45, 2.75) is 51.8 Å². The van der Waals surface area contributed by atoms with Gasteiger partial charge in [-0.3, -0.25) is 9.69 Å². The summed E-state index contributed by atoms with van der Waals surface area (Å²) in [6.45, 7) is 7.39. The third-order valence-corrected chi connectivity index (χ3v) is 3.12. The summed E-state index contributed by atoms with van der Waals surface area (Å²) in [5, 5.41) is 12.3. The van der Waals surface area contributed by atoms with Crippen molar-refractivity contribution in [3.63, 3.8) is 0 Å². The van der Waals surface area contributed by atoms with Crippen molar-refractivity contribution in [1.29, 1.82) is 0 Å². The molecule has 2 unspecified atom stereocenters. The largest absolute Gasteiger partial charge is 0.392 e. The van der Waals surface area contributed by atoms with Crippen LogP contribution in [0, 0.1) is 0 Å². The number of aliphatic hydroxyl groups is 1. The van der Waals surface area contributed by atoms with Crippen molar-refractivity contribution in [2.75, 3.05) is 13.1 Å². The van der Waals surface area contributed by atoms with E-state index in [-0.39, 0.29) is 24.1 Å². The highest BCUT2D eigenvalue weighted by atomic mass is 16.3. The third-order valence-electron chi connectivity index (χ3n) is 3.12. The molecule has 0 bridgehead atoms. The van der Waals surface area contributed by atoms with Gasteiger partial charge in [-0.1, -0.05) is 6.92 Å². The van der Waals surface area contributed by atoms with Gasteiger partial charge in [-0.25, -0.2) is 0 Å². The molecule has 0 aromatic heterocycles. The van der Waals surface area contributed by atoms with Crippen LogP contribution in [-0.4, -0.2) is 47.2 Å². The van der Waals surface area contributed by atoms with Gasteiger partial charge in [0, 0.05) is 19.1 Å². The SMILES string of the molecule is CCC(C)NC(=O)C(C)N1CC[C@@H](O)C1. The van der Waals surface area contributed by atoms with Crippen LogP contribution in [-0.2, 0) is 4.79 Å². The van der Waals surface area contributed by atoms with Crippen LogP contribution in [0.25, 0.3) is 0 Å². The van der Waals surface area contributed by atoms with Gasteiger partial charge in [0.2, 0.25) is 5.91 Å². The number of β-amino-alcohol motifs (C(OH)–C–C–N with tert-alkyl or cyclic N) is 1. The fourth-order valence-electron chi connectivity index (χ4n) is 1.75. The van der Waals surface area contributed by atoms with E-state index < -0.39 is 0 Å². The maximum absolute atomic E-state index is 11.8. The highest BCUT2D eigenvalue weighted by Crippen LogP contribution is 2.12. The Hall–Kier alpha value is -0.610. The number of aliphatic hydroxyl groups excluding tert-OH is 1. The Morgan fingerprint density at radius 1 is 1.60 bits per heavy atom. The monoisotopic (exact) mass is 214 g/mol. The van der Waals surface area contributed by atoms with E-state index in [4.69, 9.17) is 0 Å². The molecule has 0 aromatic carbocycles. The van der Waals surface area contributed by atoms with Crippen LogP contribution in [0.4, 0.5) is 0 Å². The molecule has 1 saturated heterocycles. The standard InChI is InChI=1S/C11H22N2O2/c1-4-8(2)12-11(15)9(3)13-6-5-10(14)7-13/h8-10,14H,4-7H2,1-3H3,(H,12,15)/t8?,9?,10-/m1/s1. The van der Waals surface area contributed by atoms with Crippen LogP contribution in [0.3, 0.4) is 0 Å². The molecule has 1 fully saturated rings. The lowest BCUT2D eigenvalue weighted by Crippen LogP contribution is -2.46. The number of nitrogens with zero attached hydrogens (tertiary/aromatic N) is 1. The molecule has 1 heterocycles. The van der Waals surface area contributed by atoms with E-state index in [1.807, 2.05) is 18.7 Å². The number of hydrogen-bond donors (Lipinski definition) is 2. The fourth-order valence-corrected chi connectivity index (χ4v) is 1.75. The number of carbonyl (C=O) groups excluding carboxylic acids is 1. The van der Waals surface area contributed by atoms with E-state index in [1.54, 1.807) is 0 Å². The molecule has 0 saturated carbocycles. The van der Waals surface area contributed by atoms with Gasteiger partial charge in [0.15, 0.2) is 0 Å². The predicted molar refractivity (Wildman–Crippen MR) is 59.6 cm³/mol. The Kier molecular flexibility index (Phi) is 4.54. The highest BCUT2D eigenvalue weighted by molar-refractivity contribution is 5.81. The molecular formula is C11H22N2O2. The highest BCUT2D eigenvalue weighted by Gasteiger charge is 2.28. The first kappa shape index (κ1) is 12.5. The molecule has 88 valence electrons. The summed E-state index contributed by atoms with van der Waals surface area (Å²) in [4.78, 5) is 13.8. The summed E-state index contributed by atoms with van der Waals surface area (Å²) in [6, 6.07) is 0.101. The van der Waals surface area contributed by atoms with E-state index in [0.29, 0.717) is 6.54 Å². The van der Waals surface area contributed by atoms with Crippen LogP contribution in [0.1, 0.15) is 33.6 Å².